The summed E-state index contributed by atoms with van der Waals surface area (Å²) in [6.45, 7) is 13.8. The monoisotopic (exact) mass is 733 g/mol. The lowest BCUT2D eigenvalue weighted by atomic mass is 9.89. The molecule has 0 radical (unpaired) electrons. The number of amides is 3. The molecule has 8 atom stereocenters. The molecule has 0 saturated carbocycles. The SMILES string of the molecule is CCC(C)[C@@H](C(CC(=O)N1CCC[C@H]1[C@H](OC)[C@@H](C)C(=S)NC(Cc1ccccc1)C(=O)O)OC)N(C)C(=O)[C@@H](NC(=O)C(C)(C)NC)C(C)C. The fraction of sp³-hybridized carbons (Fsp3) is 0.711. The first-order valence-corrected chi connectivity index (χ1v) is 18.5. The van der Waals surface area contributed by atoms with Crippen LogP contribution < -0.4 is 16.0 Å². The van der Waals surface area contributed by atoms with Crippen molar-refractivity contribution in [1.82, 2.24) is 25.8 Å². The van der Waals surface area contributed by atoms with Crippen LogP contribution in [0.15, 0.2) is 30.3 Å². The summed E-state index contributed by atoms with van der Waals surface area (Å²) < 4.78 is 12.0. The number of benzene rings is 1. The zero-order valence-electron chi connectivity index (χ0n) is 32.5. The van der Waals surface area contributed by atoms with Crippen molar-refractivity contribution < 1.29 is 33.8 Å². The molecule has 0 bridgehead atoms. The Hall–Kier alpha value is -3.13. The van der Waals surface area contributed by atoms with E-state index in [0.29, 0.717) is 18.0 Å². The Morgan fingerprint density at radius 2 is 1.69 bits per heavy atom. The minimum atomic E-state index is -1.01. The van der Waals surface area contributed by atoms with Gasteiger partial charge in [-0.3, -0.25) is 14.4 Å². The maximum atomic E-state index is 14.1. The third-order valence-electron chi connectivity index (χ3n) is 10.6. The van der Waals surface area contributed by atoms with E-state index in [-0.39, 0.29) is 54.4 Å². The number of carboxylic acids is 1. The predicted molar refractivity (Wildman–Crippen MR) is 203 cm³/mol. The zero-order chi connectivity index (χ0) is 38.6. The van der Waals surface area contributed by atoms with Crippen LogP contribution in [0.2, 0.25) is 0 Å². The van der Waals surface area contributed by atoms with Gasteiger partial charge in [0.15, 0.2) is 0 Å². The molecule has 13 heteroatoms. The first-order chi connectivity index (χ1) is 23.9. The number of rotatable bonds is 20. The van der Waals surface area contributed by atoms with Gasteiger partial charge in [-0.05, 0) is 51.1 Å². The fourth-order valence-electron chi connectivity index (χ4n) is 6.83. The van der Waals surface area contributed by atoms with E-state index in [4.69, 9.17) is 21.7 Å². The summed E-state index contributed by atoms with van der Waals surface area (Å²) in [6, 6.07) is 6.95. The summed E-state index contributed by atoms with van der Waals surface area (Å²) in [5.41, 5.74) is 0.00883. The zero-order valence-corrected chi connectivity index (χ0v) is 33.3. The van der Waals surface area contributed by atoms with Crippen LogP contribution in [0.3, 0.4) is 0 Å². The van der Waals surface area contributed by atoms with Gasteiger partial charge in [-0.15, -0.1) is 0 Å². The standard InChI is InChI=1S/C38H63N5O7S/c1-12-24(4)32(42(9)35(45)31(23(2)3)41-37(48)38(6,7)39-8)29(49-10)22-30(44)43-20-16-19-28(43)33(50-11)25(5)34(51)40-27(36(46)47)21-26-17-14-13-15-18-26/h13-15,17-18,23-25,27-29,31-33,39H,12,16,19-22H2,1-11H3,(H,40,51)(H,41,48)(H,46,47)/t24?,25-,27?,28+,29?,31+,32+,33-/m1/s1. The van der Waals surface area contributed by atoms with Crippen LogP contribution in [-0.2, 0) is 35.1 Å². The lowest BCUT2D eigenvalue weighted by Crippen LogP contribution is -2.61. The summed E-state index contributed by atoms with van der Waals surface area (Å²) in [7, 11) is 6.56. The van der Waals surface area contributed by atoms with E-state index in [1.54, 1.807) is 47.1 Å². The molecule has 2 rings (SSSR count). The normalized spacial score (nSPS) is 19.0. The first kappa shape index (κ1) is 44.0. The largest absolute Gasteiger partial charge is 0.480 e. The average Bonchev–Trinajstić information content (AvgIpc) is 3.59. The molecule has 51 heavy (non-hydrogen) atoms. The molecule has 1 aliphatic heterocycles. The summed E-state index contributed by atoms with van der Waals surface area (Å²) in [4.78, 5) is 57.3. The van der Waals surface area contributed by atoms with Crippen LogP contribution in [0.4, 0.5) is 0 Å². The Morgan fingerprint density at radius 3 is 2.20 bits per heavy atom. The Kier molecular flexibility index (Phi) is 17.4. The molecule has 4 N–H and O–H groups in total. The van der Waals surface area contributed by atoms with Gasteiger partial charge >= 0.3 is 5.97 Å². The van der Waals surface area contributed by atoms with E-state index in [2.05, 4.69) is 16.0 Å². The number of hydrogen-bond donors (Lipinski definition) is 4. The molecule has 1 fully saturated rings. The van der Waals surface area contributed by atoms with Gasteiger partial charge in [0.05, 0.1) is 41.2 Å². The molecule has 1 aromatic carbocycles. The molecule has 1 aromatic rings. The number of aliphatic carboxylic acids is 1. The summed E-state index contributed by atoms with van der Waals surface area (Å²) in [6.07, 6.45) is 1.43. The van der Waals surface area contributed by atoms with Crippen molar-refractivity contribution in [2.24, 2.45) is 17.8 Å². The smallest absolute Gasteiger partial charge is 0.326 e. The minimum absolute atomic E-state index is 0.0170. The van der Waals surface area contributed by atoms with Gasteiger partial charge in [-0.2, -0.15) is 0 Å². The molecular weight excluding hydrogens is 671 g/mol. The average molecular weight is 734 g/mol. The Balaban J connectivity index is 2.26. The lowest BCUT2D eigenvalue weighted by molar-refractivity contribution is -0.147. The van der Waals surface area contributed by atoms with Crippen molar-refractivity contribution in [2.45, 2.75) is 122 Å². The topological polar surface area (TPSA) is 150 Å². The maximum Gasteiger partial charge on any atom is 0.326 e. The number of thiocarbonyl (C=S) groups is 1. The predicted octanol–water partition coefficient (Wildman–Crippen LogP) is 3.66. The van der Waals surface area contributed by atoms with Crippen LogP contribution in [0.1, 0.15) is 79.7 Å². The number of carbonyl (C=O) groups is 4. The summed E-state index contributed by atoms with van der Waals surface area (Å²) in [5, 5.41) is 18.9. The number of nitrogens with zero attached hydrogens (tertiary/aromatic N) is 2. The van der Waals surface area contributed by atoms with Crippen molar-refractivity contribution in [1.29, 1.82) is 0 Å². The number of nitrogens with one attached hydrogen (secondary N) is 3. The molecule has 0 spiro atoms. The third-order valence-corrected chi connectivity index (χ3v) is 11.1. The van der Waals surface area contributed by atoms with Crippen LogP contribution in [0, 0.1) is 17.8 Å². The number of carbonyl (C=O) groups excluding carboxylic acids is 3. The molecule has 1 aliphatic rings. The van der Waals surface area contributed by atoms with Gasteiger partial charge in [0.2, 0.25) is 17.7 Å². The number of carboxylic acid groups (broad SMARTS) is 1. The highest BCUT2D eigenvalue weighted by atomic mass is 32.1. The second-order valence-electron chi connectivity index (χ2n) is 14.7. The van der Waals surface area contributed by atoms with Gasteiger partial charge in [-0.25, -0.2) is 4.79 Å². The second kappa shape index (κ2) is 20.2. The van der Waals surface area contributed by atoms with Gasteiger partial charge < -0.3 is 40.3 Å². The first-order valence-electron chi connectivity index (χ1n) is 18.1. The minimum Gasteiger partial charge on any atom is -0.480 e. The molecule has 288 valence electrons. The van der Waals surface area contributed by atoms with E-state index in [1.165, 1.54) is 0 Å². The van der Waals surface area contributed by atoms with Crippen LogP contribution in [0.25, 0.3) is 0 Å². The number of ether oxygens (including phenoxy) is 2. The van der Waals surface area contributed by atoms with E-state index in [9.17, 15) is 24.3 Å². The number of hydrogen-bond acceptors (Lipinski definition) is 8. The van der Waals surface area contributed by atoms with Gasteiger partial charge in [-0.1, -0.05) is 83.6 Å². The Bertz CT molecular complexity index is 1310. The Morgan fingerprint density at radius 1 is 1.06 bits per heavy atom. The highest BCUT2D eigenvalue weighted by Gasteiger charge is 2.43. The lowest BCUT2D eigenvalue weighted by Gasteiger charge is -2.41. The maximum absolute atomic E-state index is 14.1. The quantitative estimate of drug-likeness (QED) is 0.146. The Labute approximate surface area is 310 Å². The molecular formula is C38H63N5O7S. The van der Waals surface area contributed by atoms with Crippen LogP contribution in [-0.4, -0.2) is 120 Å². The molecule has 3 unspecified atom stereocenters. The highest BCUT2D eigenvalue weighted by Crippen LogP contribution is 2.30. The molecule has 12 nitrogen and oxygen atoms in total. The number of likely N-dealkylation sites (N-methyl/N-ethyl adjacent to an activating group) is 2. The molecule has 1 saturated heterocycles. The van der Waals surface area contributed by atoms with Crippen LogP contribution >= 0.6 is 12.2 Å². The van der Waals surface area contributed by atoms with Crippen LogP contribution in [0.5, 0.6) is 0 Å². The van der Waals surface area contributed by atoms with Crippen molar-refractivity contribution >= 4 is 40.9 Å². The third kappa shape index (κ3) is 11.7. The number of methoxy groups -OCH3 is 2. The molecule has 3 amide bonds. The van der Waals surface area contributed by atoms with E-state index in [0.717, 1.165) is 18.4 Å². The summed E-state index contributed by atoms with van der Waals surface area (Å²) >= 11 is 5.74. The van der Waals surface area contributed by atoms with Gasteiger partial charge in [0, 0.05) is 40.2 Å². The van der Waals surface area contributed by atoms with Gasteiger partial charge in [0.1, 0.15) is 12.1 Å². The van der Waals surface area contributed by atoms with E-state index >= 15 is 0 Å². The van der Waals surface area contributed by atoms with Crippen molar-refractivity contribution in [2.75, 3.05) is 34.9 Å². The van der Waals surface area contributed by atoms with Gasteiger partial charge in [0.25, 0.3) is 0 Å². The van der Waals surface area contributed by atoms with E-state index < -0.39 is 41.8 Å². The van der Waals surface area contributed by atoms with E-state index in [1.807, 2.05) is 69.9 Å². The molecule has 0 aromatic heterocycles. The summed E-state index contributed by atoms with van der Waals surface area (Å²) in [5.74, 6) is -2.23. The van der Waals surface area contributed by atoms with Crippen molar-refractivity contribution in [3.63, 3.8) is 0 Å². The highest BCUT2D eigenvalue weighted by molar-refractivity contribution is 7.80. The van der Waals surface area contributed by atoms with Crippen molar-refractivity contribution in [3.05, 3.63) is 35.9 Å². The number of likely N-dealkylation sites (tertiary alicyclic amines) is 1. The molecule has 0 aliphatic carbocycles. The fourth-order valence-corrected chi connectivity index (χ4v) is 7.10. The second-order valence-corrected chi connectivity index (χ2v) is 15.2. The molecule has 1 heterocycles. The van der Waals surface area contributed by atoms with Crippen molar-refractivity contribution in [3.8, 4) is 0 Å².